The minimum absolute atomic E-state index is 0.0775. The van der Waals surface area contributed by atoms with E-state index in [4.69, 9.17) is 13.9 Å². The maximum Gasteiger partial charge on any atom is 0.255 e. The van der Waals surface area contributed by atoms with Gasteiger partial charge < -0.3 is 24.5 Å². The Morgan fingerprint density at radius 3 is 2.26 bits per heavy atom. The zero-order chi connectivity index (χ0) is 24.1. The van der Waals surface area contributed by atoms with Crippen molar-refractivity contribution in [1.29, 1.82) is 0 Å². The van der Waals surface area contributed by atoms with Gasteiger partial charge in [-0.05, 0) is 31.2 Å². The van der Waals surface area contributed by atoms with Gasteiger partial charge in [0.15, 0.2) is 10.8 Å². The number of furan rings is 1. The summed E-state index contributed by atoms with van der Waals surface area (Å²) in [6.07, 6.45) is 0.0775. The first-order valence-corrected chi connectivity index (χ1v) is 11.3. The zero-order valence-corrected chi connectivity index (χ0v) is 19.7. The molecule has 2 amide bonds. The van der Waals surface area contributed by atoms with E-state index >= 15 is 0 Å². The molecular formula is C25H23N3O5S. The maximum atomic E-state index is 12.7. The number of benzene rings is 2. The summed E-state index contributed by atoms with van der Waals surface area (Å²) in [4.78, 5) is 29.8. The molecule has 0 atom stereocenters. The summed E-state index contributed by atoms with van der Waals surface area (Å²) in [5.41, 5.74) is 1.97. The third-order valence-corrected chi connectivity index (χ3v) is 5.83. The van der Waals surface area contributed by atoms with Gasteiger partial charge in [0.25, 0.3) is 5.91 Å². The molecule has 174 valence electrons. The van der Waals surface area contributed by atoms with Crippen molar-refractivity contribution in [3.05, 3.63) is 77.0 Å². The van der Waals surface area contributed by atoms with E-state index in [1.54, 1.807) is 36.4 Å². The van der Waals surface area contributed by atoms with Crippen LogP contribution in [0.4, 0.5) is 11.4 Å². The van der Waals surface area contributed by atoms with Crippen LogP contribution in [-0.2, 0) is 11.2 Å². The molecule has 0 fully saturated rings. The number of nitrogens with one attached hydrogen (secondary N) is 2. The van der Waals surface area contributed by atoms with E-state index in [1.807, 2.05) is 30.5 Å². The highest BCUT2D eigenvalue weighted by Crippen LogP contribution is 2.37. The van der Waals surface area contributed by atoms with Gasteiger partial charge in [-0.1, -0.05) is 18.2 Å². The van der Waals surface area contributed by atoms with Gasteiger partial charge in [0.2, 0.25) is 5.91 Å². The lowest BCUT2D eigenvalue weighted by Gasteiger charge is -2.16. The van der Waals surface area contributed by atoms with Crippen LogP contribution in [0, 0.1) is 6.92 Å². The highest BCUT2D eigenvalue weighted by Gasteiger charge is 2.17. The summed E-state index contributed by atoms with van der Waals surface area (Å²) < 4.78 is 16.5. The lowest BCUT2D eigenvalue weighted by Crippen LogP contribution is -2.16. The van der Waals surface area contributed by atoms with E-state index < -0.39 is 0 Å². The normalized spacial score (nSPS) is 10.6. The van der Waals surface area contributed by atoms with Crippen molar-refractivity contribution >= 4 is 34.5 Å². The smallest absolute Gasteiger partial charge is 0.255 e. The van der Waals surface area contributed by atoms with Crippen molar-refractivity contribution in [3.8, 4) is 22.3 Å². The molecule has 2 heterocycles. The van der Waals surface area contributed by atoms with Crippen molar-refractivity contribution in [2.24, 2.45) is 0 Å². The summed E-state index contributed by atoms with van der Waals surface area (Å²) in [6, 6.07) is 15.8. The Balaban J connectivity index is 1.48. The molecule has 9 heteroatoms. The fourth-order valence-electron chi connectivity index (χ4n) is 3.29. The zero-order valence-electron chi connectivity index (χ0n) is 18.9. The van der Waals surface area contributed by atoms with Crippen LogP contribution < -0.4 is 20.1 Å². The molecule has 4 rings (SSSR count). The highest BCUT2D eigenvalue weighted by atomic mass is 32.1. The minimum atomic E-state index is -0.288. The second-order valence-corrected chi connectivity index (χ2v) is 8.21. The number of rotatable bonds is 8. The monoisotopic (exact) mass is 477 g/mol. The Labute approximate surface area is 200 Å². The average Bonchev–Trinajstić information content (AvgIpc) is 3.49. The fraction of sp³-hybridized carbons (Fsp3) is 0.160. The molecule has 8 nitrogen and oxygen atoms in total. The molecule has 0 saturated carbocycles. The van der Waals surface area contributed by atoms with Gasteiger partial charge in [-0.2, -0.15) is 0 Å². The first kappa shape index (κ1) is 23.1. The molecule has 4 aromatic rings. The van der Waals surface area contributed by atoms with Crippen LogP contribution in [0.25, 0.3) is 10.8 Å². The molecule has 0 unspecified atom stereocenters. The number of hydrogen-bond acceptors (Lipinski definition) is 7. The first-order chi connectivity index (χ1) is 16.5. The van der Waals surface area contributed by atoms with Crippen molar-refractivity contribution in [2.45, 2.75) is 13.3 Å². The molecule has 34 heavy (non-hydrogen) atoms. The standard InChI is InChI=1S/C25H23N3O5S/c1-15-9-10-20(33-15)25-26-17(14-34-25)11-23(29)27-18-12-22(32-3)19(13-21(18)31-2)28-24(30)16-7-5-4-6-8-16/h4-10,12-14H,11H2,1-3H3,(H,27,29)(H,28,30). The number of nitrogens with zero attached hydrogens (tertiary/aromatic N) is 1. The first-order valence-electron chi connectivity index (χ1n) is 10.4. The third kappa shape index (κ3) is 5.26. The van der Waals surface area contributed by atoms with Crippen LogP contribution in [0.2, 0.25) is 0 Å². The Hall–Kier alpha value is -4.11. The summed E-state index contributed by atoms with van der Waals surface area (Å²) in [7, 11) is 2.97. The Morgan fingerprint density at radius 1 is 0.971 bits per heavy atom. The molecule has 0 saturated heterocycles. The number of hydrogen-bond donors (Lipinski definition) is 2. The van der Waals surface area contributed by atoms with E-state index in [2.05, 4.69) is 15.6 Å². The van der Waals surface area contributed by atoms with Crippen molar-refractivity contribution in [2.75, 3.05) is 24.9 Å². The number of thiazole rings is 1. The minimum Gasteiger partial charge on any atom is -0.494 e. The topological polar surface area (TPSA) is 103 Å². The summed E-state index contributed by atoms with van der Waals surface area (Å²) in [5.74, 6) is 1.67. The molecule has 0 aliphatic rings. The summed E-state index contributed by atoms with van der Waals surface area (Å²) in [6.45, 7) is 1.87. The Kier molecular flexibility index (Phi) is 6.93. The SMILES string of the molecule is COc1cc(NC(=O)c2ccccc2)c(OC)cc1NC(=O)Cc1csc(-c2ccc(C)o2)n1. The van der Waals surface area contributed by atoms with Crippen LogP contribution in [0.1, 0.15) is 21.8 Å². The largest absolute Gasteiger partial charge is 0.494 e. The molecule has 2 aromatic carbocycles. The summed E-state index contributed by atoms with van der Waals surface area (Å²) in [5, 5.41) is 8.20. The molecular weight excluding hydrogens is 454 g/mol. The van der Waals surface area contributed by atoms with E-state index in [9.17, 15) is 9.59 Å². The number of anilines is 2. The summed E-state index contributed by atoms with van der Waals surface area (Å²) >= 11 is 1.41. The number of amides is 2. The van der Waals surface area contributed by atoms with Gasteiger partial charge in [0, 0.05) is 23.1 Å². The van der Waals surface area contributed by atoms with E-state index in [1.165, 1.54) is 25.6 Å². The number of aryl methyl sites for hydroxylation is 1. The van der Waals surface area contributed by atoms with Gasteiger partial charge in [-0.25, -0.2) is 4.98 Å². The van der Waals surface area contributed by atoms with Gasteiger partial charge in [0.05, 0.1) is 37.7 Å². The van der Waals surface area contributed by atoms with Gasteiger partial charge in [0.1, 0.15) is 17.3 Å². The fourth-order valence-corrected chi connectivity index (χ4v) is 4.07. The average molecular weight is 478 g/mol. The quantitative estimate of drug-likeness (QED) is 0.363. The number of carbonyl (C=O) groups excluding carboxylic acids is 2. The molecule has 0 spiro atoms. The number of aromatic nitrogens is 1. The van der Waals surface area contributed by atoms with Crippen LogP contribution in [-0.4, -0.2) is 31.0 Å². The van der Waals surface area contributed by atoms with Crippen LogP contribution >= 0.6 is 11.3 Å². The number of ether oxygens (including phenoxy) is 2. The Bertz CT molecular complexity index is 1310. The lowest BCUT2D eigenvalue weighted by molar-refractivity contribution is -0.115. The predicted molar refractivity (Wildman–Crippen MR) is 131 cm³/mol. The van der Waals surface area contributed by atoms with E-state index in [-0.39, 0.29) is 18.2 Å². The van der Waals surface area contributed by atoms with Gasteiger partial charge in [-0.15, -0.1) is 11.3 Å². The number of methoxy groups -OCH3 is 2. The lowest BCUT2D eigenvalue weighted by atomic mass is 10.2. The van der Waals surface area contributed by atoms with Crippen molar-refractivity contribution < 1.29 is 23.5 Å². The van der Waals surface area contributed by atoms with E-state index in [0.29, 0.717) is 44.9 Å². The van der Waals surface area contributed by atoms with Gasteiger partial charge >= 0.3 is 0 Å². The Morgan fingerprint density at radius 2 is 1.65 bits per heavy atom. The second-order valence-electron chi connectivity index (χ2n) is 7.35. The molecule has 2 N–H and O–H groups in total. The molecule has 0 aliphatic heterocycles. The molecule has 2 aromatic heterocycles. The van der Waals surface area contributed by atoms with Crippen LogP contribution in [0.3, 0.4) is 0 Å². The second kappa shape index (κ2) is 10.2. The molecule has 0 aliphatic carbocycles. The molecule has 0 radical (unpaired) electrons. The highest BCUT2D eigenvalue weighted by molar-refractivity contribution is 7.13. The van der Waals surface area contributed by atoms with Crippen molar-refractivity contribution in [1.82, 2.24) is 4.98 Å². The third-order valence-electron chi connectivity index (χ3n) is 4.92. The predicted octanol–water partition coefficient (Wildman–Crippen LogP) is 5.16. The maximum absolute atomic E-state index is 12.7. The number of carbonyl (C=O) groups is 2. The van der Waals surface area contributed by atoms with E-state index in [0.717, 1.165) is 5.76 Å². The van der Waals surface area contributed by atoms with Crippen LogP contribution in [0.15, 0.2) is 64.4 Å². The van der Waals surface area contributed by atoms with Crippen molar-refractivity contribution in [3.63, 3.8) is 0 Å². The van der Waals surface area contributed by atoms with Gasteiger partial charge in [-0.3, -0.25) is 9.59 Å². The van der Waals surface area contributed by atoms with Crippen LogP contribution in [0.5, 0.6) is 11.5 Å². The molecule has 0 bridgehead atoms.